The van der Waals surface area contributed by atoms with Crippen LogP contribution >= 0.6 is 0 Å². The molecule has 98 valence electrons. The molecule has 4 heteroatoms. The Bertz CT molecular complexity index is 634. The number of nitrogens with zero attached hydrogens (tertiary/aromatic N) is 1. The lowest BCUT2D eigenvalue weighted by molar-refractivity contribution is -0.144. The molecule has 0 saturated heterocycles. The van der Waals surface area contributed by atoms with Crippen LogP contribution in [0.15, 0.2) is 24.3 Å². The van der Waals surface area contributed by atoms with E-state index in [1.807, 2.05) is 24.3 Å². The number of amides is 1. The number of H-pyrrole nitrogens is 1. The lowest BCUT2D eigenvalue weighted by Crippen LogP contribution is -2.59. The van der Waals surface area contributed by atoms with Gasteiger partial charge in [-0.1, -0.05) is 18.6 Å². The third-order valence-electron chi connectivity index (χ3n) is 5.08. The van der Waals surface area contributed by atoms with Crippen molar-refractivity contribution >= 4 is 16.9 Å². The average molecular weight is 255 g/mol. The molecule has 3 fully saturated rings. The largest absolute Gasteiger partial charge is 0.369 e. The van der Waals surface area contributed by atoms with Crippen molar-refractivity contribution in [3.05, 3.63) is 30.1 Å². The molecule has 4 nitrogen and oxygen atoms in total. The summed E-state index contributed by atoms with van der Waals surface area (Å²) in [6.45, 7) is 0. The number of primary amides is 1. The molecule has 2 aromatic rings. The Morgan fingerprint density at radius 3 is 2.79 bits per heavy atom. The number of benzene rings is 1. The van der Waals surface area contributed by atoms with Gasteiger partial charge in [0.25, 0.3) is 0 Å². The summed E-state index contributed by atoms with van der Waals surface area (Å²) in [4.78, 5) is 19.8. The molecule has 0 radical (unpaired) electrons. The third-order valence-corrected chi connectivity index (χ3v) is 5.08. The van der Waals surface area contributed by atoms with E-state index in [2.05, 4.69) is 4.98 Å². The number of para-hydroxylation sites is 2. The zero-order valence-corrected chi connectivity index (χ0v) is 10.8. The average Bonchev–Trinajstić information content (AvgIpc) is 2.82. The highest BCUT2D eigenvalue weighted by atomic mass is 16.1. The van der Waals surface area contributed by atoms with E-state index >= 15 is 0 Å². The fourth-order valence-electron chi connectivity index (χ4n) is 4.15. The van der Waals surface area contributed by atoms with Gasteiger partial charge < -0.3 is 10.7 Å². The van der Waals surface area contributed by atoms with Crippen LogP contribution in [0.4, 0.5) is 0 Å². The maximum absolute atomic E-state index is 11.7. The number of rotatable bonds is 2. The molecule has 19 heavy (non-hydrogen) atoms. The topological polar surface area (TPSA) is 71.8 Å². The van der Waals surface area contributed by atoms with Crippen LogP contribution in [0, 0.1) is 5.41 Å². The van der Waals surface area contributed by atoms with Crippen LogP contribution in [-0.2, 0) is 10.2 Å². The molecule has 3 aliphatic rings. The predicted molar refractivity (Wildman–Crippen MR) is 72.5 cm³/mol. The van der Waals surface area contributed by atoms with E-state index in [0.29, 0.717) is 0 Å². The van der Waals surface area contributed by atoms with Gasteiger partial charge in [-0.2, -0.15) is 0 Å². The first kappa shape index (κ1) is 11.0. The Kier molecular flexibility index (Phi) is 1.96. The van der Waals surface area contributed by atoms with E-state index in [1.54, 1.807) is 0 Å². The van der Waals surface area contributed by atoms with Crippen molar-refractivity contribution in [3.8, 4) is 0 Å². The standard InChI is InChI=1S/C15H17N3O/c16-12(19)14-6-3-7-15(8-14,9-14)13-17-10-4-1-2-5-11(10)18-13/h1-2,4-5H,3,6-9H2,(H2,16,19)(H,17,18). The van der Waals surface area contributed by atoms with Gasteiger partial charge in [-0.3, -0.25) is 4.79 Å². The SMILES string of the molecule is NC(=O)C12CCCC(c3nc4ccccc4[nH]3)(C1)C2. The number of aromatic amines is 1. The number of carbonyl (C=O) groups excluding carboxylic acids is 1. The molecule has 1 amide bonds. The molecular formula is C15H17N3O. The minimum absolute atomic E-state index is 0.0618. The maximum Gasteiger partial charge on any atom is 0.223 e. The van der Waals surface area contributed by atoms with Crippen molar-refractivity contribution < 1.29 is 4.79 Å². The lowest BCUT2D eigenvalue weighted by Gasteiger charge is -2.58. The van der Waals surface area contributed by atoms with Gasteiger partial charge in [0.1, 0.15) is 5.82 Å². The van der Waals surface area contributed by atoms with Crippen molar-refractivity contribution in [2.75, 3.05) is 0 Å². The van der Waals surface area contributed by atoms with Crippen molar-refractivity contribution in [1.29, 1.82) is 0 Å². The number of nitrogens with two attached hydrogens (primary N) is 1. The van der Waals surface area contributed by atoms with Crippen molar-refractivity contribution in [2.45, 2.75) is 37.5 Å². The van der Waals surface area contributed by atoms with E-state index < -0.39 is 0 Å². The molecular weight excluding hydrogens is 238 g/mol. The van der Waals surface area contributed by atoms with Crippen LogP contribution in [0.2, 0.25) is 0 Å². The first-order chi connectivity index (χ1) is 9.14. The molecule has 1 aromatic heterocycles. The van der Waals surface area contributed by atoms with Crippen LogP contribution in [0.1, 0.15) is 37.9 Å². The highest BCUT2D eigenvalue weighted by molar-refractivity contribution is 5.83. The molecule has 1 heterocycles. The second kappa shape index (κ2) is 3.38. The molecule has 0 spiro atoms. The number of hydrogen-bond acceptors (Lipinski definition) is 2. The zero-order valence-electron chi connectivity index (χ0n) is 10.8. The van der Waals surface area contributed by atoms with E-state index in [9.17, 15) is 4.79 Å². The molecule has 0 atom stereocenters. The van der Waals surface area contributed by atoms with Crippen molar-refractivity contribution in [3.63, 3.8) is 0 Å². The highest BCUT2D eigenvalue weighted by Gasteiger charge is 2.62. The van der Waals surface area contributed by atoms with Crippen LogP contribution in [0.5, 0.6) is 0 Å². The summed E-state index contributed by atoms with van der Waals surface area (Å²) in [5.74, 6) is 0.921. The molecule has 5 rings (SSSR count). The fraction of sp³-hybridized carbons (Fsp3) is 0.467. The van der Waals surface area contributed by atoms with Gasteiger partial charge >= 0.3 is 0 Å². The Balaban J connectivity index is 1.75. The second-order valence-corrected chi connectivity index (χ2v) is 6.23. The normalized spacial score (nSPS) is 33.1. The first-order valence-electron chi connectivity index (χ1n) is 6.89. The lowest BCUT2D eigenvalue weighted by atomic mass is 9.45. The summed E-state index contributed by atoms with van der Waals surface area (Å²) in [6, 6.07) is 8.08. The highest BCUT2D eigenvalue weighted by Crippen LogP contribution is 2.63. The Morgan fingerprint density at radius 1 is 1.26 bits per heavy atom. The van der Waals surface area contributed by atoms with Gasteiger partial charge in [0.05, 0.1) is 16.4 Å². The maximum atomic E-state index is 11.7. The van der Waals surface area contributed by atoms with Gasteiger partial charge in [-0.15, -0.1) is 0 Å². The van der Waals surface area contributed by atoms with Gasteiger partial charge in [0.2, 0.25) is 5.91 Å². The monoisotopic (exact) mass is 255 g/mol. The molecule has 3 aliphatic carbocycles. The summed E-state index contributed by atoms with van der Waals surface area (Å²) in [7, 11) is 0. The zero-order chi connectivity index (χ0) is 13.1. The fourth-order valence-corrected chi connectivity index (χ4v) is 4.15. The number of imidazole rings is 1. The molecule has 3 N–H and O–H groups in total. The summed E-state index contributed by atoms with van der Waals surface area (Å²) in [5, 5.41) is 0. The van der Waals surface area contributed by atoms with Gasteiger partial charge in [0, 0.05) is 5.41 Å². The van der Waals surface area contributed by atoms with E-state index in [1.165, 1.54) is 0 Å². The minimum Gasteiger partial charge on any atom is -0.369 e. The van der Waals surface area contributed by atoms with Crippen LogP contribution < -0.4 is 5.73 Å². The summed E-state index contributed by atoms with van der Waals surface area (Å²) in [6.07, 6.45) is 4.87. The van der Waals surface area contributed by atoms with Crippen LogP contribution in [0.25, 0.3) is 11.0 Å². The summed E-state index contributed by atoms with van der Waals surface area (Å²) < 4.78 is 0. The number of hydrogen-bond donors (Lipinski definition) is 2. The molecule has 0 aliphatic heterocycles. The van der Waals surface area contributed by atoms with Gasteiger partial charge in [0.15, 0.2) is 0 Å². The van der Waals surface area contributed by atoms with Crippen LogP contribution in [0.3, 0.4) is 0 Å². The van der Waals surface area contributed by atoms with Crippen molar-refractivity contribution in [2.24, 2.45) is 11.1 Å². The Labute approximate surface area is 111 Å². The smallest absolute Gasteiger partial charge is 0.223 e. The summed E-state index contributed by atoms with van der Waals surface area (Å²) >= 11 is 0. The van der Waals surface area contributed by atoms with Gasteiger partial charge in [-0.05, 0) is 37.8 Å². The number of nitrogens with one attached hydrogen (secondary N) is 1. The van der Waals surface area contributed by atoms with E-state index in [4.69, 9.17) is 10.7 Å². The Morgan fingerprint density at radius 2 is 2.05 bits per heavy atom. The quantitative estimate of drug-likeness (QED) is 0.864. The van der Waals surface area contributed by atoms with E-state index in [0.717, 1.165) is 49.0 Å². The molecule has 2 bridgehead atoms. The number of aromatic nitrogens is 2. The Hall–Kier alpha value is -1.84. The van der Waals surface area contributed by atoms with Crippen molar-refractivity contribution in [1.82, 2.24) is 9.97 Å². The summed E-state index contributed by atoms with van der Waals surface area (Å²) in [5.41, 5.74) is 7.48. The first-order valence-corrected chi connectivity index (χ1v) is 6.89. The number of fused-ring (bicyclic) bond motifs is 3. The molecule has 1 aromatic carbocycles. The van der Waals surface area contributed by atoms with Gasteiger partial charge in [-0.25, -0.2) is 4.98 Å². The predicted octanol–water partition coefficient (Wildman–Crippen LogP) is 2.25. The van der Waals surface area contributed by atoms with E-state index in [-0.39, 0.29) is 16.7 Å². The number of carbonyl (C=O) groups is 1. The molecule has 3 saturated carbocycles. The van der Waals surface area contributed by atoms with Crippen LogP contribution in [-0.4, -0.2) is 15.9 Å². The molecule has 0 unspecified atom stereocenters. The minimum atomic E-state index is -0.253. The third kappa shape index (κ3) is 1.34. The second-order valence-electron chi connectivity index (χ2n) is 6.23.